The molecule has 2 aliphatic rings. The molecule has 0 radical (unpaired) electrons. The quantitative estimate of drug-likeness (QED) is 0.446. The lowest BCUT2D eigenvalue weighted by Gasteiger charge is -2.42. The molecule has 0 saturated heterocycles. The number of rotatable bonds is 5. The Bertz CT molecular complexity index is 1420. The highest BCUT2D eigenvalue weighted by Gasteiger charge is 2.45. The van der Waals surface area contributed by atoms with Crippen molar-refractivity contribution < 1.29 is 4.79 Å². The van der Waals surface area contributed by atoms with Crippen molar-refractivity contribution in [1.29, 1.82) is 5.26 Å². The molecule has 0 amide bonds. The molecule has 3 heterocycles. The largest absolute Gasteiger partial charge is 0.384 e. The van der Waals surface area contributed by atoms with E-state index in [1.807, 2.05) is 12.1 Å². The molecule has 182 valence electrons. The van der Waals surface area contributed by atoms with Crippen LogP contribution in [0.1, 0.15) is 49.3 Å². The number of carbonyl (C=O) groups is 1. The van der Waals surface area contributed by atoms with Gasteiger partial charge in [-0.3, -0.25) is 14.7 Å². The summed E-state index contributed by atoms with van der Waals surface area (Å²) in [5.41, 5.74) is 11.4. The Morgan fingerprint density at radius 3 is 2.69 bits per heavy atom. The zero-order chi connectivity index (χ0) is 25.4. The van der Waals surface area contributed by atoms with E-state index in [0.29, 0.717) is 34.9 Å². The van der Waals surface area contributed by atoms with Gasteiger partial charge in [-0.05, 0) is 36.0 Å². The number of nitrogens with two attached hydrogens (primary N) is 1. The summed E-state index contributed by atoms with van der Waals surface area (Å²) in [6.45, 7) is 6.22. The summed E-state index contributed by atoms with van der Waals surface area (Å²) in [6, 6.07) is 14.4. The van der Waals surface area contributed by atoms with Crippen LogP contribution in [0.5, 0.6) is 0 Å². The number of hydrogen-bond acceptors (Lipinski definition) is 9. The van der Waals surface area contributed by atoms with Gasteiger partial charge in [0.1, 0.15) is 5.82 Å². The van der Waals surface area contributed by atoms with Gasteiger partial charge in [0.2, 0.25) is 5.13 Å². The highest BCUT2D eigenvalue weighted by molar-refractivity contribution is 8.00. The van der Waals surface area contributed by atoms with Gasteiger partial charge in [-0.25, -0.2) is 0 Å². The Labute approximate surface area is 218 Å². The number of Topliss-reactive ketones (excluding diaryl/α,β-unsaturated/α-hetero) is 1. The lowest BCUT2D eigenvalue weighted by Crippen LogP contribution is -2.42. The molecule has 1 aliphatic carbocycles. The Kier molecular flexibility index (Phi) is 6.41. The van der Waals surface area contributed by atoms with Crippen molar-refractivity contribution in [3.05, 3.63) is 88.1 Å². The summed E-state index contributed by atoms with van der Waals surface area (Å²) < 4.78 is 0.801. The molecule has 2 aromatic heterocycles. The number of anilines is 1. The summed E-state index contributed by atoms with van der Waals surface area (Å²) in [4.78, 5) is 19.6. The van der Waals surface area contributed by atoms with Gasteiger partial charge in [0.25, 0.3) is 0 Å². The number of thioether (sulfide) groups is 1. The molecule has 1 atom stereocenters. The third-order valence-corrected chi connectivity index (χ3v) is 8.58. The topological polar surface area (TPSA) is 109 Å². The van der Waals surface area contributed by atoms with Crippen LogP contribution in [-0.4, -0.2) is 21.0 Å². The first-order valence-corrected chi connectivity index (χ1v) is 13.5. The number of ketones is 1. The second-order valence-electron chi connectivity index (χ2n) is 9.89. The smallest absolute Gasteiger partial charge is 0.219 e. The van der Waals surface area contributed by atoms with Crippen LogP contribution in [0.3, 0.4) is 0 Å². The molecule has 9 heteroatoms. The van der Waals surface area contributed by atoms with Gasteiger partial charge >= 0.3 is 0 Å². The molecule has 3 aromatic rings. The maximum absolute atomic E-state index is 13.5. The molecule has 0 bridgehead atoms. The SMILES string of the molecule is Cc1ccc(CSc2nnc(N3C(N)=C(C#N)[C@H](c4cccnc4)C4=C3CC(C)(C)CC4=O)s2)cc1. The Morgan fingerprint density at radius 1 is 1.22 bits per heavy atom. The van der Waals surface area contributed by atoms with E-state index in [9.17, 15) is 10.1 Å². The van der Waals surface area contributed by atoms with E-state index < -0.39 is 5.92 Å². The molecule has 0 saturated carbocycles. The van der Waals surface area contributed by atoms with E-state index >= 15 is 0 Å². The number of pyridine rings is 1. The fourth-order valence-corrected chi connectivity index (χ4v) is 6.62. The van der Waals surface area contributed by atoms with Gasteiger partial charge in [0, 0.05) is 35.8 Å². The molecule has 7 nitrogen and oxygen atoms in total. The molecule has 36 heavy (non-hydrogen) atoms. The number of hydrogen-bond donors (Lipinski definition) is 1. The minimum atomic E-state index is -0.540. The van der Waals surface area contributed by atoms with Crippen molar-refractivity contribution in [1.82, 2.24) is 15.2 Å². The first kappa shape index (κ1) is 24.2. The Balaban J connectivity index is 1.55. The van der Waals surface area contributed by atoms with E-state index in [2.05, 4.69) is 66.3 Å². The first-order chi connectivity index (χ1) is 17.3. The zero-order valence-electron chi connectivity index (χ0n) is 20.4. The average Bonchev–Trinajstić information content (AvgIpc) is 3.31. The van der Waals surface area contributed by atoms with Gasteiger partial charge in [-0.1, -0.05) is 72.8 Å². The molecule has 0 unspecified atom stereocenters. The minimum absolute atomic E-state index is 0.0267. The van der Waals surface area contributed by atoms with Gasteiger partial charge in [0.05, 0.1) is 17.6 Å². The third-order valence-electron chi connectivity index (χ3n) is 6.47. The predicted octanol–water partition coefficient (Wildman–Crippen LogP) is 5.47. The minimum Gasteiger partial charge on any atom is -0.384 e. The number of nitrogens with zero attached hydrogens (tertiary/aromatic N) is 5. The fourth-order valence-electron chi connectivity index (χ4n) is 4.79. The molecule has 2 N–H and O–H groups in total. The van der Waals surface area contributed by atoms with Crippen molar-refractivity contribution in [2.24, 2.45) is 11.1 Å². The van der Waals surface area contributed by atoms with Crippen LogP contribution >= 0.6 is 23.1 Å². The van der Waals surface area contributed by atoms with E-state index in [0.717, 1.165) is 21.4 Å². The van der Waals surface area contributed by atoms with Gasteiger partial charge < -0.3 is 5.73 Å². The van der Waals surface area contributed by atoms with Crippen LogP contribution in [0.2, 0.25) is 0 Å². The van der Waals surface area contributed by atoms with Crippen molar-refractivity contribution in [2.45, 2.75) is 49.6 Å². The molecule has 5 rings (SSSR count). The van der Waals surface area contributed by atoms with E-state index in [-0.39, 0.29) is 11.2 Å². The standard InChI is InChI=1S/C27H26N6OS2/c1-16-6-8-17(9-7-16)15-35-26-32-31-25(36-26)33-20-11-27(2,3)12-21(34)23(20)22(19(13-28)24(33)29)18-5-4-10-30-14-18/h4-10,14,22H,11-12,15,29H2,1-3H3/t22-/m0/s1. The van der Waals surface area contributed by atoms with Crippen LogP contribution in [0, 0.1) is 23.7 Å². The second-order valence-corrected chi connectivity index (χ2v) is 12.1. The molecular weight excluding hydrogens is 488 g/mol. The van der Waals surface area contributed by atoms with Crippen LogP contribution in [0.25, 0.3) is 0 Å². The number of benzene rings is 1. The van der Waals surface area contributed by atoms with E-state index in [4.69, 9.17) is 5.73 Å². The fraction of sp³-hybridized carbons (Fsp3) is 0.296. The summed E-state index contributed by atoms with van der Waals surface area (Å²) in [5, 5.41) is 19.6. The lowest BCUT2D eigenvalue weighted by molar-refractivity contribution is -0.118. The Hall–Kier alpha value is -3.48. The molecule has 0 spiro atoms. The van der Waals surface area contributed by atoms with E-state index in [1.165, 1.54) is 22.5 Å². The molecule has 1 aromatic carbocycles. The number of nitriles is 1. The molecule has 1 aliphatic heterocycles. The average molecular weight is 515 g/mol. The van der Waals surface area contributed by atoms with Gasteiger partial charge in [-0.15, -0.1) is 10.2 Å². The first-order valence-electron chi connectivity index (χ1n) is 11.7. The van der Waals surface area contributed by atoms with Gasteiger partial charge in [-0.2, -0.15) is 5.26 Å². The third kappa shape index (κ3) is 4.54. The van der Waals surface area contributed by atoms with Gasteiger partial charge in [0.15, 0.2) is 10.1 Å². The maximum Gasteiger partial charge on any atom is 0.219 e. The highest BCUT2D eigenvalue weighted by Crippen LogP contribution is 2.50. The zero-order valence-corrected chi connectivity index (χ0v) is 22.0. The summed E-state index contributed by atoms with van der Waals surface area (Å²) in [5.74, 6) is 0.550. The van der Waals surface area contributed by atoms with Crippen LogP contribution in [-0.2, 0) is 10.5 Å². The molecule has 0 fully saturated rings. The van der Waals surface area contributed by atoms with Crippen molar-refractivity contribution >= 4 is 34.0 Å². The van der Waals surface area contributed by atoms with Crippen LogP contribution < -0.4 is 10.6 Å². The monoisotopic (exact) mass is 514 g/mol. The highest BCUT2D eigenvalue weighted by atomic mass is 32.2. The lowest BCUT2D eigenvalue weighted by atomic mass is 9.69. The Morgan fingerprint density at radius 2 is 2.00 bits per heavy atom. The summed E-state index contributed by atoms with van der Waals surface area (Å²) >= 11 is 3.02. The number of aromatic nitrogens is 3. The van der Waals surface area contributed by atoms with Crippen molar-refractivity contribution in [3.63, 3.8) is 0 Å². The maximum atomic E-state index is 13.5. The normalized spacial score (nSPS) is 19.3. The predicted molar refractivity (Wildman–Crippen MR) is 142 cm³/mol. The summed E-state index contributed by atoms with van der Waals surface area (Å²) in [7, 11) is 0. The number of aryl methyl sites for hydroxylation is 1. The summed E-state index contributed by atoms with van der Waals surface area (Å²) in [6.07, 6.45) is 4.42. The van der Waals surface area contributed by atoms with Crippen molar-refractivity contribution in [2.75, 3.05) is 4.90 Å². The van der Waals surface area contributed by atoms with Crippen LogP contribution in [0.15, 0.2) is 75.8 Å². The van der Waals surface area contributed by atoms with Crippen LogP contribution in [0.4, 0.5) is 5.13 Å². The molecular formula is C27H26N6OS2. The van der Waals surface area contributed by atoms with Crippen molar-refractivity contribution in [3.8, 4) is 6.07 Å². The number of allylic oxidation sites excluding steroid dienone is 3. The number of carbonyl (C=O) groups excluding carboxylic acids is 1. The second kappa shape index (κ2) is 9.52. The van der Waals surface area contributed by atoms with E-state index in [1.54, 1.807) is 29.1 Å².